The predicted molar refractivity (Wildman–Crippen MR) is 68.7 cm³/mol. The van der Waals surface area contributed by atoms with Gasteiger partial charge in [0.1, 0.15) is 0 Å². The first kappa shape index (κ1) is 11.2. The van der Waals surface area contributed by atoms with E-state index in [9.17, 15) is 0 Å². The Bertz CT molecular complexity index is 362. The normalized spacial score (nSPS) is 21.1. The molecular formula is C13H21N3. The Balaban J connectivity index is 2.27. The van der Waals surface area contributed by atoms with Crippen LogP contribution in [0.4, 0.5) is 11.5 Å². The van der Waals surface area contributed by atoms with Crippen LogP contribution in [-0.4, -0.2) is 17.6 Å². The lowest BCUT2D eigenvalue weighted by atomic mass is 10.00. The number of aromatic nitrogens is 1. The van der Waals surface area contributed by atoms with Crippen molar-refractivity contribution in [2.45, 2.75) is 45.6 Å². The van der Waals surface area contributed by atoms with Crippen LogP contribution in [0.2, 0.25) is 0 Å². The molecule has 2 heterocycles. The summed E-state index contributed by atoms with van der Waals surface area (Å²) in [6, 6.07) is 2.63. The second-order valence-corrected chi connectivity index (χ2v) is 4.68. The number of pyridine rings is 1. The minimum absolute atomic E-state index is 0.617. The van der Waals surface area contributed by atoms with Crippen molar-refractivity contribution < 1.29 is 0 Å². The van der Waals surface area contributed by atoms with Gasteiger partial charge >= 0.3 is 0 Å². The number of piperidine rings is 1. The van der Waals surface area contributed by atoms with Crippen LogP contribution < -0.4 is 10.6 Å². The zero-order valence-electron chi connectivity index (χ0n) is 10.2. The third-order valence-electron chi connectivity index (χ3n) is 3.40. The minimum Gasteiger partial charge on any atom is -0.396 e. The van der Waals surface area contributed by atoms with E-state index < -0.39 is 0 Å². The Morgan fingerprint density at radius 1 is 1.50 bits per heavy atom. The number of nitrogens with zero attached hydrogens (tertiary/aromatic N) is 2. The second kappa shape index (κ2) is 4.73. The van der Waals surface area contributed by atoms with E-state index in [2.05, 4.69) is 16.8 Å². The molecule has 1 aliphatic rings. The van der Waals surface area contributed by atoms with Gasteiger partial charge in [-0.2, -0.15) is 0 Å². The summed E-state index contributed by atoms with van der Waals surface area (Å²) in [5.74, 6) is 0.983. The molecule has 88 valence electrons. The third-order valence-corrected chi connectivity index (χ3v) is 3.40. The fourth-order valence-electron chi connectivity index (χ4n) is 2.53. The molecule has 2 rings (SSSR count). The number of nitrogen functional groups attached to an aromatic ring is 1. The molecule has 0 spiro atoms. The van der Waals surface area contributed by atoms with Gasteiger partial charge in [-0.1, -0.05) is 6.92 Å². The summed E-state index contributed by atoms with van der Waals surface area (Å²) in [6.45, 7) is 5.37. The smallest absolute Gasteiger partial charge is 0.152 e. The Hall–Kier alpha value is -1.25. The first-order valence-electron chi connectivity index (χ1n) is 6.21. The van der Waals surface area contributed by atoms with E-state index in [0.717, 1.165) is 23.6 Å². The van der Waals surface area contributed by atoms with E-state index in [1.54, 1.807) is 0 Å². The molecular weight excluding hydrogens is 198 g/mol. The quantitative estimate of drug-likeness (QED) is 0.831. The predicted octanol–water partition coefficient (Wildman–Crippen LogP) is 2.74. The Labute approximate surface area is 97.7 Å². The van der Waals surface area contributed by atoms with Gasteiger partial charge in [0.05, 0.1) is 5.69 Å². The van der Waals surface area contributed by atoms with Crippen LogP contribution >= 0.6 is 0 Å². The molecule has 0 amide bonds. The van der Waals surface area contributed by atoms with E-state index in [0.29, 0.717) is 6.04 Å². The maximum Gasteiger partial charge on any atom is 0.152 e. The van der Waals surface area contributed by atoms with Crippen LogP contribution in [0.5, 0.6) is 0 Å². The number of anilines is 2. The molecule has 0 bridgehead atoms. The van der Waals surface area contributed by atoms with Crippen LogP contribution in [0.15, 0.2) is 12.3 Å². The van der Waals surface area contributed by atoms with Gasteiger partial charge in [0, 0.05) is 18.8 Å². The molecule has 0 aromatic carbocycles. The van der Waals surface area contributed by atoms with E-state index in [1.807, 2.05) is 19.2 Å². The summed E-state index contributed by atoms with van der Waals surface area (Å²) < 4.78 is 0. The molecule has 0 saturated carbocycles. The topological polar surface area (TPSA) is 42.2 Å². The number of aryl methyl sites for hydroxylation is 1. The van der Waals surface area contributed by atoms with Gasteiger partial charge < -0.3 is 10.6 Å². The lowest BCUT2D eigenvalue weighted by Gasteiger charge is -2.36. The molecule has 1 aliphatic heterocycles. The molecule has 1 aromatic rings. The molecule has 1 saturated heterocycles. The highest BCUT2D eigenvalue weighted by Crippen LogP contribution is 2.29. The SMILES string of the molecule is CCC1CCCCN1c1ncc(C)cc1N. The number of rotatable bonds is 2. The molecule has 1 aromatic heterocycles. The van der Waals surface area contributed by atoms with Crippen molar-refractivity contribution in [2.75, 3.05) is 17.2 Å². The average Bonchev–Trinajstić information content (AvgIpc) is 2.29. The fraction of sp³-hybridized carbons (Fsp3) is 0.615. The summed E-state index contributed by atoms with van der Waals surface area (Å²) in [4.78, 5) is 6.89. The Morgan fingerprint density at radius 3 is 3.00 bits per heavy atom. The van der Waals surface area contributed by atoms with Crippen molar-refractivity contribution in [3.63, 3.8) is 0 Å². The first-order chi connectivity index (χ1) is 7.72. The van der Waals surface area contributed by atoms with Gasteiger partial charge in [-0.05, 0) is 44.2 Å². The van der Waals surface area contributed by atoms with Gasteiger partial charge in [-0.25, -0.2) is 4.98 Å². The molecule has 1 fully saturated rings. The molecule has 2 N–H and O–H groups in total. The standard InChI is InChI=1S/C13H21N3/c1-3-11-6-4-5-7-16(11)13-12(14)8-10(2)9-15-13/h8-9,11H,3-7,14H2,1-2H3. The lowest BCUT2D eigenvalue weighted by molar-refractivity contribution is 0.447. The van der Waals surface area contributed by atoms with Crippen LogP contribution in [0.25, 0.3) is 0 Å². The minimum atomic E-state index is 0.617. The maximum absolute atomic E-state index is 6.06. The lowest BCUT2D eigenvalue weighted by Crippen LogP contribution is -2.40. The van der Waals surface area contributed by atoms with Gasteiger partial charge in [0.2, 0.25) is 0 Å². The van der Waals surface area contributed by atoms with Crippen LogP contribution in [0.1, 0.15) is 38.2 Å². The average molecular weight is 219 g/mol. The zero-order valence-corrected chi connectivity index (χ0v) is 10.2. The highest BCUT2D eigenvalue weighted by atomic mass is 15.2. The summed E-state index contributed by atoms with van der Waals surface area (Å²) in [6.07, 6.45) is 6.94. The van der Waals surface area contributed by atoms with Crippen molar-refractivity contribution in [1.29, 1.82) is 0 Å². The first-order valence-corrected chi connectivity index (χ1v) is 6.21. The largest absolute Gasteiger partial charge is 0.396 e. The van der Waals surface area contributed by atoms with Crippen molar-refractivity contribution >= 4 is 11.5 Å². The molecule has 16 heavy (non-hydrogen) atoms. The van der Waals surface area contributed by atoms with Crippen LogP contribution in [0, 0.1) is 6.92 Å². The Morgan fingerprint density at radius 2 is 2.31 bits per heavy atom. The molecule has 1 unspecified atom stereocenters. The molecule has 0 aliphatic carbocycles. The van der Waals surface area contributed by atoms with Crippen molar-refractivity contribution in [3.8, 4) is 0 Å². The highest BCUT2D eigenvalue weighted by Gasteiger charge is 2.23. The van der Waals surface area contributed by atoms with Crippen molar-refractivity contribution in [1.82, 2.24) is 4.98 Å². The number of hydrogen-bond donors (Lipinski definition) is 1. The van der Waals surface area contributed by atoms with E-state index in [1.165, 1.54) is 25.7 Å². The van der Waals surface area contributed by atoms with Crippen LogP contribution in [0.3, 0.4) is 0 Å². The van der Waals surface area contributed by atoms with E-state index in [-0.39, 0.29) is 0 Å². The summed E-state index contributed by atoms with van der Waals surface area (Å²) in [5, 5.41) is 0. The molecule has 3 heteroatoms. The monoisotopic (exact) mass is 219 g/mol. The molecule has 1 atom stereocenters. The van der Waals surface area contributed by atoms with Crippen LogP contribution in [-0.2, 0) is 0 Å². The third kappa shape index (κ3) is 2.13. The van der Waals surface area contributed by atoms with E-state index >= 15 is 0 Å². The van der Waals surface area contributed by atoms with Crippen molar-refractivity contribution in [3.05, 3.63) is 17.8 Å². The summed E-state index contributed by atoms with van der Waals surface area (Å²) in [7, 11) is 0. The maximum atomic E-state index is 6.06. The molecule has 0 radical (unpaired) electrons. The highest BCUT2D eigenvalue weighted by molar-refractivity contribution is 5.63. The molecule has 3 nitrogen and oxygen atoms in total. The number of hydrogen-bond acceptors (Lipinski definition) is 3. The second-order valence-electron chi connectivity index (χ2n) is 4.68. The van der Waals surface area contributed by atoms with Gasteiger partial charge in [0.25, 0.3) is 0 Å². The zero-order chi connectivity index (χ0) is 11.5. The van der Waals surface area contributed by atoms with E-state index in [4.69, 9.17) is 5.73 Å². The van der Waals surface area contributed by atoms with Gasteiger partial charge in [-0.15, -0.1) is 0 Å². The van der Waals surface area contributed by atoms with Gasteiger partial charge in [-0.3, -0.25) is 0 Å². The summed E-state index contributed by atoms with van der Waals surface area (Å²) in [5.41, 5.74) is 8.02. The van der Waals surface area contributed by atoms with Crippen molar-refractivity contribution in [2.24, 2.45) is 0 Å². The van der Waals surface area contributed by atoms with Gasteiger partial charge in [0.15, 0.2) is 5.82 Å². The summed E-state index contributed by atoms with van der Waals surface area (Å²) >= 11 is 0. The Kier molecular flexibility index (Phi) is 3.32. The number of nitrogens with two attached hydrogens (primary N) is 1. The fourth-order valence-corrected chi connectivity index (χ4v) is 2.53.